The lowest BCUT2D eigenvalue weighted by atomic mass is 9.77. The van der Waals surface area contributed by atoms with Crippen LogP contribution in [0.2, 0.25) is 0 Å². The molecular weight excluding hydrogens is 581 g/mol. The smallest absolute Gasteiger partial charge is 0.417 e. The van der Waals surface area contributed by atoms with Crippen molar-refractivity contribution in [3.8, 4) is 5.75 Å². The summed E-state index contributed by atoms with van der Waals surface area (Å²) in [6, 6.07) is 4.67. The van der Waals surface area contributed by atoms with E-state index in [1.807, 2.05) is 0 Å². The number of nitrogens with zero attached hydrogens (tertiary/aromatic N) is 2. The number of anilines is 1. The van der Waals surface area contributed by atoms with E-state index in [-0.39, 0.29) is 42.4 Å². The molecule has 2 bridgehead atoms. The van der Waals surface area contributed by atoms with Gasteiger partial charge in [0.05, 0.1) is 24.5 Å². The van der Waals surface area contributed by atoms with Crippen LogP contribution in [0.3, 0.4) is 0 Å². The van der Waals surface area contributed by atoms with E-state index >= 15 is 4.39 Å². The summed E-state index contributed by atoms with van der Waals surface area (Å²) >= 11 is 0. The molecule has 0 spiro atoms. The van der Waals surface area contributed by atoms with Crippen molar-refractivity contribution in [1.82, 2.24) is 9.88 Å². The highest BCUT2D eigenvalue weighted by Crippen LogP contribution is 2.55. The molecule has 1 amide bonds. The molecule has 2 aromatic rings. The number of hydrogen-bond donors (Lipinski definition) is 2. The number of benzene rings is 1. The number of carbonyl (C=O) groups is 1. The number of alkyl halides is 3. The van der Waals surface area contributed by atoms with Gasteiger partial charge >= 0.3 is 6.18 Å². The molecule has 4 aliphatic heterocycles. The summed E-state index contributed by atoms with van der Waals surface area (Å²) in [4.78, 5) is 19.6. The number of fused-ring (bicyclic) bond motifs is 2. The summed E-state index contributed by atoms with van der Waals surface area (Å²) in [5.74, 6) is -6.88. The van der Waals surface area contributed by atoms with Crippen LogP contribution in [0.1, 0.15) is 43.5 Å². The van der Waals surface area contributed by atoms with E-state index in [4.69, 9.17) is 18.9 Å². The molecule has 1 aromatic heterocycles. The summed E-state index contributed by atoms with van der Waals surface area (Å²) in [6.45, 7) is 3.63. The second kappa shape index (κ2) is 12.2. The van der Waals surface area contributed by atoms with E-state index < -0.39 is 59.1 Å². The van der Waals surface area contributed by atoms with Gasteiger partial charge in [0.25, 0.3) is 5.91 Å². The van der Waals surface area contributed by atoms with E-state index in [0.717, 1.165) is 25.5 Å². The molecule has 4 aliphatic rings. The third-order valence-corrected chi connectivity index (χ3v) is 8.57. The number of hydrogen-bond acceptors (Lipinski definition) is 8. The van der Waals surface area contributed by atoms with Gasteiger partial charge in [-0.15, -0.1) is 0 Å². The highest BCUT2D eigenvalue weighted by molar-refractivity contribution is 5.95. The molecule has 5 heterocycles. The molecule has 14 heteroatoms. The van der Waals surface area contributed by atoms with E-state index in [1.165, 1.54) is 32.4 Å². The second-order valence-corrected chi connectivity index (χ2v) is 11.4. The van der Waals surface area contributed by atoms with Crippen molar-refractivity contribution >= 4 is 11.6 Å². The maximum Gasteiger partial charge on any atom is 0.417 e. The number of nitrogens with one attached hydrogen (secondary N) is 1. The van der Waals surface area contributed by atoms with Crippen molar-refractivity contribution in [2.24, 2.45) is 5.92 Å². The molecule has 4 fully saturated rings. The number of aliphatic hydroxyl groups is 1. The predicted molar refractivity (Wildman–Crippen MR) is 143 cm³/mol. The highest BCUT2D eigenvalue weighted by atomic mass is 19.4. The van der Waals surface area contributed by atoms with Gasteiger partial charge < -0.3 is 29.4 Å². The summed E-state index contributed by atoms with van der Waals surface area (Å²) in [5, 5.41) is 12.7. The number of piperidine rings is 1. The van der Waals surface area contributed by atoms with Gasteiger partial charge in [-0.1, -0.05) is 13.0 Å². The van der Waals surface area contributed by atoms with Gasteiger partial charge in [0.1, 0.15) is 18.8 Å². The minimum Gasteiger partial charge on any atom is -0.489 e. The lowest BCUT2D eigenvalue weighted by Gasteiger charge is -2.47. The Labute approximate surface area is 245 Å². The maximum atomic E-state index is 15.2. The number of rotatable bonds is 10. The van der Waals surface area contributed by atoms with Crippen LogP contribution in [-0.2, 0) is 19.0 Å². The average molecular weight is 616 g/mol. The normalized spacial score (nSPS) is 29.7. The lowest BCUT2D eigenvalue weighted by Crippen LogP contribution is -2.57. The van der Waals surface area contributed by atoms with Gasteiger partial charge in [0, 0.05) is 62.4 Å². The van der Waals surface area contributed by atoms with Crippen LogP contribution < -0.4 is 10.1 Å². The number of morpholine rings is 1. The molecule has 43 heavy (non-hydrogen) atoms. The Hall–Kier alpha value is -2.91. The number of aliphatic hydroxyl groups excluding tert-OH is 1. The van der Waals surface area contributed by atoms with Crippen molar-refractivity contribution in [3.05, 3.63) is 53.4 Å². The number of amides is 1. The first-order valence-corrected chi connectivity index (χ1v) is 14.0. The third-order valence-electron chi connectivity index (χ3n) is 8.57. The van der Waals surface area contributed by atoms with Crippen LogP contribution in [0.4, 0.5) is 27.6 Å². The lowest BCUT2D eigenvalue weighted by molar-refractivity contribution is -0.272. The van der Waals surface area contributed by atoms with Gasteiger partial charge in [0.15, 0.2) is 17.2 Å². The summed E-state index contributed by atoms with van der Waals surface area (Å²) < 4.78 is 94.4. The van der Waals surface area contributed by atoms with Gasteiger partial charge in [-0.05, 0) is 25.1 Å². The van der Waals surface area contributed by atoms with Gasteiger partial charge in [0.2, 0.25) is 5.82 Å². The Morgan fingerprint density at radius 3 is 2.60 bits per heavy atom. The SMILES string of the molecule is COC[C@H](O)c1cc(NC(=O)[C@@H]2O[C@@](C)(C(F)(F)F)[C@@H](C)[C@H]2c2ccc(F)c(F)c2OCCN2CC3CC(C2)O3)ccn1. The van der Waals surface area contributed by atoms with Crippen molar-refractivity contribution < 1.29 is 50.8 Å². The van der Waals surface area contributed by atoms with Crippen molar-refractivity contribution in [1.29, 1.82) is 0 Å². The second-order valence-electron chi connectivity index (χ2n) is 11.4. The molecule has 2 N–H and O–H groups in total. The summed E-state index contributed by atoms with van der Waals surface area (Å²) in [6.07, 6.45) is -5.26. The van der Waals surface area contributed by atoms with Crippen molar-refractivity contribution in [3.63, 3.8) is 0 Å². The number of methoxy groups -OCH3 is 1. The summed E-state index contributed by atoms with van der Waals surface area (Å²) in [7, 11) is 1.38. The Morgan fingerprint density at radius 1 is 1.26 bits per heavy atom. The van der Waals surface area contributed by atoms with Crippen LogP contribution in [0.5, 0.6) is 5.75 Å². The van der Waals surface area contributed by atoms with Crippen LogP contribution in [0.15, 0.2) is 30.5 Å². The zero-order valence-electron chi connectivity index (χ0n) is 23.9. The molecule has 4 saturated heterocycles. The Kier molecular flexibility index (Phi) is 8.96. The molecule has 9 nitrogen and oxygen atoms in total. The first-order valence-electron chi connectivity index (χ1n) is 14.0. The standard InChI is InChI=1S/C29H34F5N3O6/c1-15-23(19-4-5-20(30)24(31)25(19)41-9-8-37-12-17-11-18(13-37)42-17)26(43-28(15,2)29(32,33)34)27(39)36-16-6-7-35-21(10-16)22(38)14-40-3/h4-7,10,15,17-18,22-23,26,38H,8-9,11-14H2,1-3H3,(H,35,36,39)/t15-,17?,18?,22-,23-,26+,28+/m0/s1. The largest absolute Gasteiger partial charge is 0.489 e. The first kappa shape index (κ1) is 31.5. The number of aromatic nitrogens is 1. The molecule has 7 atom stereocenters. The van der Waals surface area contributed by atoms with E-state index in [0.29, 0.717) is 19.6 Å². The first-order chi connectivity index (χ1) is 20.3. The minimum atomic E-state index is -4.90. The number of carbonyl (C=O) groups excluding carboxylic acids is 1. The van der Waals surface area contributed by atoms with Gasteiger partial charge in [-0.25, -0.2) is 4.39 Å². The number of halogens is 5. The Morgan fingerprint density at radius 2 is 1.95 bits per heavy atom. The summed E-state index contributed by atoms with van der Waals surface area (Å²) in [5.41, 5.74) is -2.62. The predicted octanol–water partition coefficient (Wildman–Crippen LogP) is 3.97. The topological polar surface area (TPSA) is 102 Å². The van der Waals surface area contributed by atoms with Crippen LogP contribution in [0, 0.1) is 17.6 Å². The minimum absolute atomic E-state index is 0.0637. The fourth-order valence-electron chi connectivity index (χ4n) is 6.04. The molecule has 236 valence electrons. The van der Waals surface area contributed by atoms with E-state index in [1.54, 1.807) is 0 Å². The zero-order chi connectivity index (χ0) is 31.1. The molecular formula is C29H34F5N3O6. The molecule has 1 aromatic carbocycles. The van der Waals surface area contributed by atoms with E-state index in [2.05, 4.69) is 15.2 Å². The monoisotopic (exact) mass is 615 g/mol. The zero-order valence-corrected chi connectivity index (χ0v) is 23.9. The quantitative estimate of drug-likeness (QED) is 0.388. The van der Waals surface area contributed by atoms with Crippen LogP contribution in [0.25, 0.3) is 0 Å². The Balaban J connectivity index is 1.43. The van der Waals surface area contributed by atoms with Crippen LogP contribution >= 0.6 is 0 Å². The maximum absolute atomic E-state index is 15.2. The molecule has 0 radical (unpaired) electrons. The fourth-order valence-corrected chi connectivity index (χ4v) is 6.04. The van der Waals surface area contributed by atoms with Crippen molar-refractivity contribution in [2.45, 2.75) is 62.4 Å². The molecule has 2 unspecified atom stereocenters. The fraction of sp³-hybridized carbons (Fsp3) is 0.586. The van der Waals surface area contributed by atoms with Crippen LogP contribution in [-0.4, -0.2) is 90.9 Å². The average Bonchev–Trinajstić information content (AvgIpc) is 3.22. The van der Waals surface area contributed by atoms with Gasteiger partial charge in [-0.3, -0.25) is 14.7 Å². The van der Waals surface area contributed by atoms with Gasteiger partial charge in [-0.2, -0.15) is 17.6 Å². The highest BCUT2D eigenvalue weighted by Gasteiger charge is 2.66. The van der Waals surface area contributed by atoms with Crippen molar-refractivity contribution in [2.75, 3.05) is 45.3 Å². The third kappa shape index (κ3) is 6.21. The Bertz CT molecular complexity index is 1320. The van der Waals surface area contributed by atoms with E-state index in [9.17, 15) is 27.5 Å². The number of pyridine rings is 1. The molecule has 0 aliphatic carbocycles. The molecule has 6 rings (SSSR count). The molecule has 0 saturated carbocycles. The number of ether oxygens (including phenoxy) is 4.